The van der Waals surface area contributed by atoms with E-state index < -0.39 is 0 Å². The summed E-state index contributed by atoms with van der Waals surface area (Å²) in [6, 6.07) is 7.58. The molecule has 1 atom stereocenters. The van der Waals surface area contributed by atoms with Crippen LogP contribution in [0, 0.1) is 5.92 Å². The fraction of sp³-hybridized carbons (Fsp3) is 0.500. The topological polar surface area (TPSA) is 58.6 Å². The Balaban J connectivity index is 2.03. The molecule has 0 bridgehead atoms. The molecule has 0 saturated carbocycles. The lowest BCUT2D eigenvalue weighted by molar-refractivity contribution is -0.128. The fourth-order valence-electron chi connectivity index (χ4n) is 2.77. The highest BCUT2D eigenvalue weighted by molar-refractivity contribution is 5.95. The molecule has 114 valence electrons. The lowest BCUT2D eigenvalue weighted by Crippen LogP contribution is -2.29. The number of rotatable bonds is 6. The maximum atomic E-state index is 11.9. The van der Waals surface area contributed by atoms with E-state index in [9.17, 15) is 9.59 Å². The third-order valence-electron chi connectivity index (χ3n) is 3.86. The van der Waals surface area contributed by atoms with Crippen LogP contribution in [-0.2, 0) is 16.0 Å². The van der Waals surface area contributed by atoms with Gasteiger partial charge in [-0.25, -0.2) is 0 Å². The van der Waals surface area contributed by atoms with Crippen LogP contribution in [0.2, 0.25) is 0 Å². The molecule has 0 unspecified atom stereocenters. The molecule has 0 aliphatic carbocycles. The monoisotopic (exact) mass is 290 g/mol. The maximum absolute atomic E-state index is 11.9. The molecule has 21 heavy (non-hydrogen) atoms. The van der Waals surface area contributed by atoms with Gasteiger partial charge in [-0.1, -0.05) is 18.2 Å². The molecule has 1 heterocycles. The SMILES string of the molecule is CNC(=O)c1ccccc1C[C@@H]1CC(=O)N(CCOC)C1. The zero-order valence-corrected chi connectivity index (χ0v) is 12.6. The van der Waals surface area contributed by atoms with Gasteiger partial charge in [-0.15, -0.1) is 0 Å². The molecule has 5 heteroatoms. The van der Waals surface area contributed by atoms with Crippen LogP contribution in [0.4, 0.5) is 0 Å². The number of hydrogen-bond acceptors (Lipinski definition) is 3. The highest BCUT2D eigenvalue weighted by atomic mass is 16.5. The van der Waals surface area contributed by atoms with E-state index in [2.05, 4.69) is 5.32 Å². The van der Waals surface area contributed by atoms with Gasteiger partial charge in [0.2, 0.25) is 5.91 Å². The van der Waals surface area contributed by atoms with Gasteiger partial charge in [0.1, 0.15) is 0 Å². The number of likely N-dealkylation sites (tertiary alicyclic amines) is 1. The second kappa shape index (κ2) is 7.22. The molecule has 0 spiro atoms. The molecular formula is C16H22N2O3. The largest absolute Gasteiger partial charge is 0.383 e. The minimum atomic E-state index is -0.0776. The molecule has 2 amide bonds. The third-order valence-corrected chi connectivity index (χ3v) is 3.86. The lowest BCUT2D eigenvalue weighted by atomic mass is 9.94. The quantitative estimate of drug-likeness (QED) is 0.853. The normalized spacial score (nSPS) is 18.1. The molecule has 0 aromatic heterocycles. The van der Waals surface area contributed by atoms with Crippen LogP contribution in [0.3, 0.4) is 0 Å². The molecule has 1 aromatic rings. The maximum Gasteiger partial charge on any atom is 0.251 e. The summed E-state index contributed by atoms with van der Waals surface area (Å²) in [6.45, 7) is 1.94. The van der Waals surface area contributed by atoms with Crippen molar-refractivity contribution in [3.8, 4) is 0 Å². The summed E-state index contributed by atoms with van der Waals surface area (Å²) >= 11 is 0. The number of amides is 2. The number of hydrogen-bond donors (Lipinski definition) is 1. The van der Waals surface area contributed by atoms with E-state index in [1.54, 1.807) is 14.2 Å². The van der Waals surface area contributed by atoms with Gasteiger partial charge in [0.05, 0.1) is 6.61 Å². The van der Waals surface area contributed by atoms with Gasteiger partial charge in [0.25, 0.3) is 5.91 Å². The Bertz CT molecular complexity index is 516. The minimum Gasteiger partial charge on any atom is -0.383 e. The van der Waals surface area contributed by atoms with Crippen molar-refractivity contribution in [3.63, 3.8) is 0 Å². The summed E-state index contributed by atoms with van der Waals surface area (Å²) in [5.74, 6) is 0.362. The minimum absolute atomic E-state index is 0.0776. The zero-order chi connectivity index (χ0) is 15.2. The van der Waals surface area contributed by atoms with Crippen molar-refractivity contribution in [2.75, 3.05) is 33.9 Å². The summed E-state index contributed by atoms with van der Waals surface area (Å²) in [7, 11) is 3.27. The number of carbonyl (C=O) groups excluding carboxylic acids is 2. The lowest BCUT2D eigenvalue weighted by Gasteiger charge is -2.16. The van der Waals surface area contributed by atoms with Crippen molar-refractivity contribution in [1.82, 2.24) is 10.2 Å². The fourth-order valence-corrected chi connectivity index (χ4v) is 2.77. The van der Waals surface area contributed by atoms with Gasteiger partial charge in [-0.3, -0.25) is 9.59 Å². The van der Waals surface area contributed by atoms with Gasteiger partial charge in [0, 0.05) is 39.2 Å². The van der Waals surface area contributed by atoms with Crippen LogP contribution in [0.5, 0.6) is 0 Å². The number of ether oxygens (including phenoxy) is 1. The Morgan fingerprint density at radius 2 is 2.19 bits per heavy atom. The van der Waals surface area contributed by atoms with Gasteiger partial charge in [-0.2, -0.15) is 0 Å². The first-order valence-electron chi connectivity index (χ1n) is 7.22. The predicted octanol–water partition coefficient (Wildman–Crippen LogP) is 1.08. The summed E-state index contributed by atoms with van der Waals surface area (Å²) in [5, 5.41) is 2.66. The molecule has 5 nitrogen and oxygen atoms in total. The highest BCUT2D eigenvalue weighted by Crippen LogP contribution is 2.23. The van der Waals surface area contributed by atoms with Crippen molar-refractivity contribution >= 4 is 11.8 Å². The Hall–Kier alpha value is -1.88. The molecule has 2 rings (SSSR count). The van der Waals surface area contributed by atoms with E-state index >= 15 is 0 Å². The molecule has 1 aromatic carbocycles. The smallest absolute Gasteiger partial charge is 0.251 e. The van der Waals surface area contributed by atoms with Crippen molar-refractivity contribution in [2.45, 2.75) is 12.8 Å². The standard InChI is InChI=1S/C16H22N2O3/c1-17-16(20)14-6-4-3-5-13(14)9-12-10-15(19)18(11-12)7-8-21-2/h3-6,12H,7-11H2,1-2H3,(H,17,20)/t12-/m1/s1. The third kappa shape index (κ3) is 3.82. The Kier molecular flexibility index (Phi) is 5.33. The summed E-state index contributed by atoms with van der Waals surface area (Å²) in [4.78, 5) is 25.7. The second-order valence-electron chi connectivity index (χ2n) is 5.34. The molecule has 0 radical (unpaired) electrons. The summed E-state index contributed by atoms with van der Waals surface area (Å²) in [5.41, 5.74) is 1.70. The van der Waals surface area contributed by atoms with E-state index in [0.717, 1.165) is 18.5 Å². The first-order chi connectivity index (χ1) is 10.2. The average molecular weight is 290 g/mol. The molecule has 1 N–H and O–H groups in total. The van der Waals surface area contributed by atoms with Crippen molar-refractivity contribution in [1.29, 1.82) is 0 Å². The van der Waals surface area contributed by atoms with Crippen LogP contribution in [0.1, 0.15) is 22.3 Å². The van der Waals surface area contributed by atoms with E-state index in [1.807, 2.05) is 29.2 Å². The molecular weight excluding hydrogens is 268 g/mol. The summed E-state index contributed by atoms with van der Waals surface area (Å²) < 4.78 is 5.02. The van der Waals surface area contributed by atoms with Crippen molar-refractivity contribution < 1.29 is 14.3 Å². The number of carbonyl (C=O) groups is 2. The van der Waals surface area contributed by atoms with Gasteiger partial charge < -0.3 is 15.0 Å². The van der Waals surface area contributed by atoms with E-state index in [-0.39, 0.29) is 17.7 Å². The highest BCUT2D eigenvalue weighted by Gasteiger charge is 2.29. The predicted molar refractivity (Wildman–Crippen MR) is 80.1 cm³/mol. The molecule has 1 aliphatic rings. The number of nitrogens with zero attached hydrogens (tertiary/aromatic N) is 1. The van der Waals surface area contributed by atoms with E-state index in [0.29, 0.717) is 25.1 Å². The molecule has 1 aliphatic heterocycles. The van der Waals surface area contributed by atoms with Crippen LogP contribution in [0.25, 0.3) is 0 Å². The zero-order valence-electron chi connectivity index (χ0n) is 12.6. The average Bonchev–Trinajstić information content (AvgIpc) is 2.84. The van der Waals surface area contributed by atoms with Crippen molar-refractivity contribution in [3.05, 3.63) is 35.4 Å². The first-order valence-corrected chi connectivity index (χ1v) is 7.22. The van der Waals surface area contributed by atoms with Crippen LogP contribution < -0.4 is 5.32 Å². The Morgan fingerprint density at radius 3 is 2.90 bits per heavy atom. The number of benzene rings is 1. The summed E-state index contributed by atoms with van der Waals surface area (Å²) in [6.07, 6.45) is 1.30. The van der Waals surface area contributed by atoms with E-state index in [4.69, 9.17) is 4.74 Å². The molecule has 1 saturated heterocycles. The van der Waals surface area contributed by atoms with Gasteiger partial charge in [-0.05, 0) is 24.0 Å². The first kappa shape index (κ1) is 15.5. The molecule has 1 fully saturated rings. The number of methoxy groups -OCH3 is 1. The van der Waals surface area contributed by atoms with Crippen LogP contribution in [0.15, 0.2) is 24.3 Å². The van der Waals surface area contributed by atoms with Crippen molar-refractivity contribution in [2.24, 2.45) is 5.92 Å². The van der Waals surface area contributed by atoms with E-state index in [1.165, 1.54) is 0 Å². The second-order valence-corrected chi connectivity index (χ2v) is 5.34. The number of nitrogens with one attached hydrogen (secondary N) is 1. The Morgan fingerprint density at radius 1 is 1.43 bits per heavy atom. The van der Waals surface area contributed by atoms with Gasteiger partial charge in [0.15, 0.2) is 0 Å². The Labute approximate surface area is 125 Å². The van der Waals surface area contributed by atoms with Crippen LogP contribution >= 0.6 is 0 Å². The van der Waals surface area contributed by atoms with Gasteiger partial charge >= 0.3 is 0 Å². The van der Waals surface area contributed by atoms with Crippen LogP contribution in [-0.4, -0.2) is 50.6 Å².